The standard InChI is InChI=1S/C20H18F2N2O4/c1-13(14-5-7-15(8-6-14)28-20(21)22)23-19(26)17-10-9-16(27-17)12-24-11-3-2-4-18(24)25/h2-11,13,20H,12H2,1H3,(H,23,26). The molecule has 0 aliphatic rings. The van der Waals surface area contributed by atoms with Crippen LogP contribution in [0.4, 0.5) is 8.78 Å². The molecule has 28 heavy (non-hydrogen) atoms. The van der Waals surface area contributed by atoms with Crippen LogP contribution in [0, 0.1) is 0 Å². The van der Waals surface area contributed by atoms with E-state index < -0.39 is 12.5 Å². The zero-order valence-corrected chi connectivity index (χ0v) is 15.0. The monoisotopic (exact) mass is 388 g/mol. The molecule has 1 atom stereocenters. The van der Waals surface area contributed by atoms with Crippen molar-refractivity contribution in [1.29, 1.82) is 0 Å². The summed E-state index contributed by atoms with van der Waals surface area (Å²) in [5.41, 5.74) is 0.551. The summed E-state index contributed by atoms with van der Waals surface area (Å²) < 4.78 is 35.7. The smallest absolute Gasteiger partial charge is 0.387 e. The lowest BCUT2D eigenvalue weighted by molar-refractivity contribution is -0.0498. The van der Waals surface area contributed by atoms with E-state index in [9.17, 15) is 18.4 Å². The molecule has 0 fully saturated rings. The topological polar surface area (TPSA) is 73.5 Å². The summed E-state index contributed by atoms with van der Waals surface area (Å²) in [7, 11) is 0. The van der Waals surface area contributed by atoms with E-state index in [1.165, 1.54) is 28.8 Å². The fraction of sp³-hybridized carbons (Fsp3) is 0.200. The van der Waals surface area contributed by atoms with Crippen molar-refractivity contribution in [3.05, 3.63) is 88.2 Å². The lowest BCUT2D eigenvalue weighted by Crippen LogP contribution is -2.26. The minimum Gasteiger partial charge on any atom is -0.454 e. The largest absolute Gasteiger partial charge is 0.454 e. The van der Waals surface area contributed by atoms with Gasteiger partial charge in [-0.25, -0.2) is 0 Å². The molecule has 3 aromatic rings. The molecule has 0 bridgehead atoms. The van der Waals surface area contributed by atoms with Gasteiger partial charge in [0.1, 0.15) is 11.5 Å². The Morgan fingerprint density at radius 3 is 2.57 bits per heavy atom. The van der Waals surface area contributed by atoms with E-state index in [-0.39, 0.29) is 29.7 Å². The lowest BCUT2D eigenvalue weighted by atomic mass is 10.1. The minimum absolute atomic E-state index is 0.0455. The average Bonchev–Trinajstić information content (AvgIpc) is 3.12. The van der Waals surface area contributed by atoms with Crippen molar-refractivity contribution in [2.24, 2.45) is 0 Å². The van der Waals surface area contributed by atoms with Crippen molar-refractivity contribution in [2.45, 2.75) is 26.1 Å². The van der Waals surface area contributed by atoms with Crippen LogP contribution >= 0.6 is 0 Å². The van der Waals surface area contributed by atoms with Gasteiger partial charge in [0, 0.05) is 12.3 Å². The van der Waals surface area contributed by atoms with Gasteiger partial charge in [0.15, 0.2) is 5.76 Å². The number of hydrogen-bond acceptors (Lipinski definition) is 4. The first-order valence-corrected chi connectivity index (χ1v) is 8.52. The second kappa shape index (κ2) is 8.51. The van der Waals surface area contributed by atoms with Crippen LogP contribution in [0.5, 0.6) is 5.75 Å². The Bertz CT molecular complexity index is 996. The van der Waals surface area contributed by atoms with Crippen LogP contribution in [0.25, 0.3) is 0 Å². The summed E-state index contributed by atoms with van der Waals surface area (Å²) in [5, 5.41) is 2.77. The van der Waals surface area contributed by atoms with E-state index in [2.05, 4.69) is 10.1 Å². The molecular formula is C20H18F2N2O4. The predicted molar refractivity (Wildman–Crippen MR) is 97.5 cm³/mol. The number of hydrogen-bond donors (Lipinski definition) is 1. The predicted octanol–water partition coefficient (Wildman–Crippen LogP) is 3.58. The molecule has 2 aromatic heterocycles. The first kappa shape index (κ1) is 19.3. The molecule has 2 heterocycles. The maximum atomic E-state index is 12.4. The highest BCUT2D eigenvalue weighted by molar-refractivity contribution is 5.91. The molecule has 1 unspecified atom stereocenters. The average molecular weight is 388 g/mol. The molecular weight excluding hydrogens is 370 g/mol. The van der Waals surface area contributed by atoms with Gasteiger partial charge in [-0.15, -0.1) is 0 Å². The van der Waals surface area contributed by atoms with Crippen LogP contribution in [0.1, 0.15) is 34.8 Å². The van der Waals surface area contributed by atoms with Crippen LogP contribution < -0.4 is 15.6 Å². The van der Waals surface area contributed by atoms with Gasteiger partial charge in [0.05, 0.1) is 12.6 Å². The van der Waals surface area contributed by atoms with Gasteiger partial charge in [-0.2, -0.15) is 8.78 Å². The van der Waals surface area contributed by atoms with Crippen molar-refractivity contribution in [3.63, 3.8) is 0 Å². The number of nitrogens with one attached hydrogen (secondary N) is 1. The summed E-state index contributed by atoms with van der Waals surface area (Å²) in [6, 6.07) is 13.6. The number of rotatable bonds is 7. The van der Waals surface area contributed by atoms with Gasteiger partial charge in [-0.1, -0.05) is 18.2 Å². The quantitative estimate of drug-likeness (QED) is 0.671. The lowest BCUT2D eigenvalue weighted by Gasteiger charge is -2.14. The molecule has 0 aliphatic heterocycles. The van der Waals surface area contributed by atoms with E-state index in [1.807, 2.05) is 0 Å². The van der Waals surface area contributed by atoms with E-state index in [0.717, 1.165) is 5.56 Å². The van der Waals surface area contributed by atoms with Crippen LogP contribution in [0.15, 0.2) is 70.0 Å². The molecule has 6 nitrogen and oxygen atoms in total. The summed E-state index contributed by atoms with van der Waals surface area (Å²) in [5.74, 6) is 0.208. The Morgan fingerprint density at radius 1 is 1.14 bits per heavy atom. The van der Waals surface area contributed by atoms with E-state index >= 15 is 0 Å². The number of halogens is 2. The number of alkyl halides is 2. The number of carbonyl (C=O) groups is 1. The number of nitrogens with zero attached hydrogens (tertiary/aromatic N) is 1. The number of pyridine rings is 1. The zero-order valence-electron chi connectivity index (χ0n) is 15.0. The van der Waals surface area contributed by atoms with Gasteiger partial charge < -0.3 is 19.0 Å². The van der Waals surface area contributed by atoms with Crippen molar-refractivity contribution < 1.29 is 22.7 Å². The van der Waals surface area contributed by atoms with Gasteiger partial charge in [0.25, 0.3) is 11.5 Å². The normalized spacial score (nSPS) is 12.0. The molecule has 0 aliphatic carbocycles. The van der Waals surface area contributed by atoms with Gasteiger partial charge >= 0.3 is 6.61 Å². The van der Waals surface area contributed by atoms with Gasteiger partial charge in [-0.3, -0.25) is 9.59 Å². The number of carbonyl (C=O) groups excluding carboxylic acids is 1. The molecule has 1 amide bonds. The summed E-state index contributed by atoms with van der Waals surface area (Å²) in [4.78, 5) is 24.1. The molecule has 8 heteroatoms. The number of ether oxygens (including phenoxy) is 1. The number of furan rings is 1. The first-order chi connectivity index (χ1) is 13.4. The van der Waals surface area contributed by atoms with Crippen molar-refractivity contribution in [2.75, 3.05) is 0 Å². The molecule has 0 spiro atoms. The summed E-state index contributed by atoms with van der Waals surface area (Å²) >= 11 is 0. The van der Waals surface area contributed by atoms with Gasteiger partial charge in [0.2, 0.25) is 0 Å². The second-order valence-corrected chi connectivity index (χ2v) is 6.08. The third kappa shape index (κ3) is 4.85. The summed E-state index contributed by atoms with van der Waals surface area (Å²) in [6.07, 6.45) is 1.63. The van der Waals surface area contributed by atoms with Crippen LogP contribution in [-0.2, 0) is 6.54 Å². The van der Waals surface area contributed by atoms with E-state index in [1.54, 1.807) is 43.5 Å². The Labute approximate surface area is 159 Å². The van der Waals surface area contributed by atoms with E-state index in [4.69, 9.17) is 4.42 Å². The maximum absolute atomic E-state index is 12.4. The Balaban J connectivity index is 1.62. The first-order valence-electron chi connectivity index (χ1n) is 8.52. The van der Waals surface area contributed by atoms with Crippen LogP contribution in [-0.4, -0.2) is 17.1 Å². The third-order valence-electron chi connectivity index (χ3n) is 4.06. The second-order valence-electron chi connectivity index (χ2n) is 6.08. The highest BCUT2D eigenvalue weighted by Gasteiger charge is 2.16. The third-order valence-corrected chi connectivity index (χ3v) is 4.06. The fourth-order valence-electron chi connectivity index (χ4n) is 2.63. The van der Waals surface area contributed by atoms with Crippen molar-refractivity contribution >= 4 is 5.91 Å². The highest BCUT2D eigenvalue weighted by Crippen LogP contribution is 2.20. The number of amides is 1. The highest BCUT2D eigenvalue weighted by atomic mass is 19.3. The summed E-state index contributed by atoms with van der Waals surface area (Å²) in [6.45, 7) is -0.912. The minimum atomic E-state index is -2.89. The number of benzene rings is 1. The molecule has 1 aromatic carbocycles. The Hall–Kier alpha value is -3.42. The van der Waals surface area contributed by atoms with Crippen LogP contribution in [0.3, 0.4) is 0 Å². The Morgan fingerprint density at radius 2 is 1.89 bits per heavy atom. The number of aromatic nitrogens is 1. The SMILES string of the molecule is CC(NC(=O)c1ccc(Cn2ccccc2=O)o1)c1ccc(OC(F)F)cc1. The molecule has 3 rings (SSSR count). The van der Waals surface area contributed by atoms with Crippen molar-refractivity contribution in [1.82, 2.24) is 9.88 Å². The van der Waals surface area contributed by atoms with Gasteiger partial charge in [-0.05, 0) is 42.8 Å². The molecule has 0 saturated carbocycles. The van der Waals surface area contributed by atoms with Crippen LogP contribution in [0.2, 0.25) is 0 Å². The van der Waals surface area contributed by atoms with E-state index in [0.29, 0.717) is 5.76 Å². The molecule has 0 saturated heterocycles. The zero-order chi connectivity index (χ0) is 20.1. The molecule has 146 valence electrons. The Kier molecular flexibility index (Phi) is 5.88. The molecule has 0 radical (unpaired) electrons. The maximum Gasteiger partial charge on any atom is 0.387 e. The molecule has 1 N–H and O–H groups in total. The fourth-order valence-corrected chi connectivity index (χ4v) is 2.63. The van der Waals surface area contributed by atoms with Crippen molar-refractivity contribution in [3.8, 4) is 5.75 Å².